The molecule has 6 nitrogen and oxygen atoms in total. The summed E-state index contributed by atoms with van der Waals surface area (Å²) in [6, 6.07) is 16.4. The van der Waals surface area contributed by atoms with Crippen LogP contribution in [0.3, 0.4) is 0 Å². The van der Waals surface area contributed by atoms with Gasteiger partial charge in [-0.25, -0.2) is 9.97 Å². The van der Waals surface area contributed by atoms with Crippen molar-refractivity contribution in [2.75, 3.05) is 5.32 Å². The number of carbonyl (C=O) groups excluding carboxylic acids is 1. The Labute approximate surface area is 152 Å². The minimum atomic E-state index is -0.566. The summed E-state index contributed by atoms with van der Waals surface area (Å²) in [7, 11) is 0. The van der Waals surface area contributed by atoms with Gasteiger partial charge in [0.1, 0.15) is 17.1 Å². The van der Waals surface area contributed by atoms with Gasteiger partial charge in [0.05, 0.1) is 0 Å². The van der Waals surface area contributed by atoms with Gasteiger partial charge in [-0.3, -0.25) is 4.79 Å². The van der Waals surface area contributed by atoms with Crippen molar-refractivity contribution >= 4 is 17.4 Å². The zero-order chi connectivity index (χ0) is 18.4. The van der Waals surface area contributed by atoms with Gasteiger partial charge in [0.25, 0.3) is 5.91 Å². The molecule has 0 bridgehead atoms. The highest BCUT2D eigenvalue weighted by Crippen LogP contribution is 2.26. The molecule has 0 atom stereocenters. The molecule has 0 unspecified atom stereocenters. The number of nitrogens with one attached hydrogen (secondary N) is 1. The third-order valence-electron chi connectivity index (χ3n) is 3.70. The lowest BCUT2D eigenvalue weighted by molar-refractivity contribution is 0.0997. The average molecular weight is 348 g/mol. The fraction of sp³-hybridized carbons (Fsp3) is 0.150. The normalized spacial score (nSPS) is 10.3. The number of aromatic nitrogens is 2. The largest absolute Gasteiger partial charge is 0.438 e. The fourth-order valence-corrected chi connectivity index (χ4v) is 2.44. The van der Waals surface area contributed by atoms with E-state index in [0.29, 0.717) is 5.75 Å². The van der Waals surface area contributed by atoms with E-state index in [4.69, 9.17) is 10.5 Å². The van der Waals surface area contributed by atoms with Crippen LogP contribution in [0.5, 0.6) is 11.6 Å². The molecule has 0 saturated heterocycles. The number of amides is 1. The van der Waals surface area contributed by atoms with Gasteiger partial charge in [-0.1, -0.05) is 19.4 Å². The zero-order valence-electron chi connectivity index (χ0n) is 14.5. The Kier molecular flexibility index (Phi) is 5.43. The Bertz CT molecular complexity index is 880. The Hall–Kier alpha value is -3.41. The molecule has 132 valence electrons. The lowest BCUT2D eigenvalue weighted by atomic mass is 10.2. The molecule has 6 heteroatoms. The molecular formula is C20H20N4O2. The maximum atomic E-state index is 11.6. The summed E-state index contributed by atoms with van der Waals surface area (Å²) in [5.74, 6) is 0.990. The first kappa shape index (κ1) is 17.4. The summed E-state index contributed by atoms with van der Waals surface area (Å²) in [5, 5.41) is 3.19. The molecule has 0 aliphatic rings. The van der Waals surface area contributed by atoms with E-state index in [0.717, 1.165) is 30.0 Å². The van der Waals surface area contributed by atoms with Crippen molar-refractivity contribution in [1.29, 1.82) is 0 Å². The Morgan fingerprint density at radius 2 is 1.92 bits per heavy atom. The van der Waals surface area contributed by atoms with E-state index in [-0.39, 0.29) is 11.4 Å². The van der Waals surface area contributed by atoms with E-state index in [2.05, 4.69) is 22.2 Å². The standard InChI is InChI=1S/C20H20N4O2/c1-2-5-14-9-12-17(19(21)25)20(24-14)26-16-10-7-15(8-11-16)23-18-6-3-4-13-22-18/h3-4,6-13H,2,5H2,1H3,(H2,21,25)(H,22,23). The second-order valence-corrected chi connectivity index (χ2v) is 5.74. The van der Waals surface area contributed by atoms with Gasteiger partial charge in [-0.2, -0.15) is 0 Å². The number of benzene rings is 1. The van der Waals surface area contributed by atoms with Crippen LogP contribution < -0.4 is 15.8 Å². The third kappa shape index (κ3) is 4.36. The topological polar surface area (TPSA) is 90.1 Å². The van der Waals surface area contributed by atoms with E-state index in [1.54, 1.807) is 30.5 Å². The first-order valence-electron chi connectivity index (χ1n) is 8.41. The molecule has 0 aliphatic heterocycles. The van der Waals surface area contributed by atoms with Crippen LogP contribution >= 0.6 is 0 Å². The zero-order valence-corrected chi connectivity index (χ0v) is 14.5. The summed E-state index contributed by atoms with van der Waals surface area (Å²) in [6.45, 7) is 2.07. The molecule has 0 aliphatic carbocycles. The second kappa shape index (κ2) is 8.11. The Morgan fingerprint density at radius 3 is 2.58 bits per heavy atom. The number of ether oxygens (including phenoxy) is 1. The number of pyridine rings is 2. The highest BCUT2D eigenvalue weighted by molar-refractivity contribution is 5.95. The second-order valence-electron chi connectivity index (χ2n) is 5.74. The van der Waals surface area contributed by atoms with Crippen molar-refractivity contribution in [3.05, 3.63) is 72.1 Å². The molecule has 26 heavy (non-hydrogen) atoms. The maximum absolute atomic E-state index is 11.6. The number of rotatable bonds is 7. The minimum Gasteiger partial charge on any atom is -0.438 e. The van der Waals surface area contributed by atoms with Crippen LogP contribution in [0, 0.1) is 0 Å². The number of carbonyl (C=O) groups is 1. The van der Waals surface area contributed by atoms with Crippen LogP contribution in [-0.2, 0) is 6.42 Å². The van der Waals surface area contributed by atoms with Gasteiger partial charge in [0.2, 0.25) is 5.88 Å². The van der Waals surface area contributed by atoms with Crippen LogP contribution in [-0.4, -0.2) is 15.9 Å². The molecule has 3 aromatic rings. The van der Waals surface area contributed by atoms with E-state index in [1.807, 2.05) is 30.3 Å². The predicted octanol–water partition coefficient (Wildman–Crippen LogP) is 4.06. The van der Waals surface area contributed by atoms with Crippen LogP contribution in [0.15, 0.2) is 60.8 Å². The lowest BCUT2D eigenvalue weighted by Crippen LogP contribution is -2.13. The molecule has 2 aromatic heterocycles. The van der Waals surface area contributed by atoms with Crippen molar-refractivity contribution in [1.82, 2.24) is 9.97 Å². The first-order valence-corrected chi connectivity index (χ1v) is 8.41. The van der Waals surface area contributed by atoms with Crippen LogP contribution in [0.25, 0.3) is 0 Å². The van der Waals surface area contributed by atoms with E-state index >= 15 is 0 Å². The summed E-state index contributed by atoms with van der Waals surface area (Å²) in [5.41, 5.74) is 7.43. The summed E-state index contributed by atoms with van der Waals surface area (Å²) < 4.78 is 5.81. The van der Waals surface area contributed by atoms with Crippen molar-refractivity contribution < 1.29 is 9.53 Å². The summed E-state index contributed by atoms with van der Waals surface area (Å²) in [4.78, 5) is 20.3. The number of aryl methyl sites for hydroxylation is 1. The number of nitrogens with zero attached hydrogens (tertiary/aromatic N) is 2. The number of anilines is 2. The Balaban J connectivity index is 1.78. The molecule has 0 saturated carbocycles. The lowest BCUT2D eigenvalue weighted by Gasteiger charge is -2.11. The predicted molar refractivity (Wildman–Crippen MR) is 101 cm³/mol. The highest BCUT2D eigenvalue weighted by Gasteiger charge is 2.13. The number of nitrogens with two attached hydrogens (primary N) is 1. The van der Waals surface area contributed by atoms with E-state index < -0.39 is 5.91 Å². The van der Waals surface area contributed by atoms with E-state index in [1.165, 1.54) is 0 Å². The molecule has 0 fully saturated rings. The van der Waals surface area contributed by atoms with Crippen LogP contribution in [0.2, 0.25) is 0 Å². The number of hydrogen-bond acceptors (Lipinski definition) is 5. The first-order chi connectivity index (χ1) is 12.7. The maximum Gasteiger partial charge on any atom is 0.254 e. The van der Waals surface area contributed by atoms with Gasteiger partial charge in [-0.15, -0.1) is 0 Å². The summed E-state index contributed by atoms with van der Waals surface area (Å²) in [6.07, 6.45) is 3.48. The fourth-order valence-electron chi connectivity index (χ4n) is 2.44. The van der Waals surface area contributed by atoms with Crippen molar-refractivity contribution in [3.8, 4) is 11.6 Å². The molecular weight excluding hydrogens is 328 g/mol. The van der Waals surface area contributed by atoms with Crippen LogP contribution in [0.1, 0.15) is 29.4 Å². The van der Waals surface area contributed by atoms with Gasteiger partial charge in [0, 0.05) is 17.6 Å². The highest BCUT2D eigenvalue weighted by atomic mass is 16.5. The molecule has 1 aromatic carbocycles. The average Bonchev–Trinajstić information content (AvgIpc) is 2.64. The van der Waals surface area contributed by atoms with Crippen LogP contribution in [0.4, 0.5) is 11.5 Å². The minimum absolute atomic E-state index is 0.230. The number of hydrogen-bond donors (Lipinski definition) is 2. The van der Waals surface area contributed by atoms with Gasteiger partial charge in [0.15, 0.2) is 0 Å². The Morgan fingerprint density at radius 1 is 1.12 bits per heavy atom. The molecule has 3 N–H and O–H groups in total. The molecule has 1 amide bonds. The van der Waals surface area contributed by atoms with Gasteiger partial charge < -0.3 is 15.8 Å². The molecule has 2 heterocycles. The third-order valence-corrected chi connectivity index (χ3v) is 3.70. The van der Waals surface area contributed by atoms with Crippen molar-refractivity contribution in [2.24, 2.45) is 5.73 Å². The smallest absolute Gasteiger partial charge is 0.254 e. The van der Waals surface area contributed by atoms with Gasteiger partial charge in [-0.05, 0) is 55.0 Å². The molecule has 3 rings (SSSR count). The van der Waals surface area contributed by atoms with Crippen molar-refractivity contribution in [3.63, 3.8) is 0 Å². The van der Waals surface area contributed by atoms with Gasteiger partial charge >= 0.3 is 0 Å². The van der Waals surface area contributed by atoms with E-state index in [9.17, 15) is 4.79 Å². The van der Waals surface area contributed by atoms with Crippen molar-refractivity contribution in [2.45, 2.75) is 19.8 Å². The quantitative estimate of drug-likeness (QED) is 0.672. The SMILES string of the molecule is CCCc1ccc(C(N)=O)c(Oc2ccc(Nc3ccccn3)cc2)n1. The molecule has 0 radical (unpaired) electrons. The monoisotopic (exact) mass is 348 g/mol. The molecule has 0 spiro atoms. The summed E-state index contributed by atoms with van der Waals surface area (Å²) >= 11 is 0. The number of primary amides is 1.